The molecule has 8 heteroatoms. The predicted octanol–water partition coefficient (Wildman–Crippen LogP) is 3.57. The average molecular weight is 386 g/mol. The van der Waals surface area contributed by atoms with Crippen LogP contribution in [0.25, 0.3) is 0 Å². The van der Waals surface area contributed by atoms with E-state index < -0.39 is 5.82 Å². The maximum Gasteiger partial charge on any atom is 0.234 e. The Labute approximate surface area is 160 Å². The molecule has 1 amide bonds. The molecule has 0 spiro atoms. The normalized spacial score (nSPS) is 10.6. The van der Waals surface area contributed by atoms with Gasteiger partial charge in [-0.2, -0.15) is 0 Å². The molecule has 0 aliphatic rings. The van der Waals surface area contributed by atoms with Crippen molar-refractivity contribution < 1.29 is 13.9 Å². The summed E-state index contributed by atoms with van der Waals surface area (Å²) in [7, 11) is 1.82. The van der Waals surface area contributed by atoms with Crippen molar-refractivity contribution in [3.63, 3.8) is 0 Å². The molecule has 0 unspecified atom stereocenters. The monoisotopic (exact) mass is 386 g/mol. The van der Waals surface area contributed by atoms with Crippen LogP contribution in [0.2, 0.25) is 0 Å². The number of aryl methyl sites for hydroxylation is 1. The van der Waals surface area contributed by atoms with Gasteiger partial charge in [0, 0.05) is 12.7 Å². The van der Waals surface area contributed by atoms with Gasteiger partial charge in [0.05, 0.1) is 5.75 Å². The summed E-state index contributed by atoms with van der Waals surface area (Å²) >= 11 is 1.25. The third-order valence-corrected chi connectivity index (χ3v) is 4.77. The van der Waals surface area contributed by atoms with Gasteiger partial charge >= 0.3 is 0 Å². The van der Waals surface area contributed by atoms with Crippen LogP contribution in [0.4, 0.5) is 10.1 Å². The van der Waals surface area contributed by atoms with E-state index in [0.29, 0.717) is 16.7 Å². The van der Waals surface area contributed by atoms with Crippen LogP contribution in [0.5, 0.6) is 5.75 Å². The van der Waals surface area contributed by atoms with Crippen molar-refractivity contribution in [1.82, 2.24) is 14.8 Å². The Bertz CT molecular complexity index is 928. The highest BCUT2D eigenvalue weighted by atomic mass is 32.2. The molecule has 2 aromatic carbocycles. The molecule has 0 aliphatic heterocycles. The van der Waals surface area contributed by atoms with Gasteiger partial charge in [0.15, 0.2) is 11.0 Å². The minimum Gasteiger partial charge on any atom is -0.486 e. The number of aromatic nitrogens is 3. The second-order valence-corrected chi connectivity index (χ2v) is 6.85. The average Bonchev–Trinajstić information content (AvgIpc) is 2.99. The fraction of sp³-hybridized carbons (Fsp3) is 0.211. The molecule has 3 aromatic rings. The van der Waals surface area contributed by atoms with Crippen molar-refractivity contribution >= 4 is 23.4 Å². The number of rotatable bonds is 7. The van der Waals surface area contributed by atoms with E-state index in [-0.39, 0.29) is 18.3 Å². The van der Waals surface area contributed by atoms with Crippen LogP contribution >= 0.6 is 11.8 Å². The number of nitrogens with one attached hydrogen (secondary N) is 1. The van der Waals surface area contributed by atoms with Crippen molar-refractivity contribution in [1.29, 1.82) is 0 Å². The summed E-state index contributed by atoms with van der Waals surface area (Å²) in [5.41, 5.74) is 1.59. The molecular formula is C19H19FN4O2S. The third kappa shape index (κ3) is 5.30. The van der Waals surface area contributed by atoms with Crippen molar-refractivity contribution in [3.8, 4) is 5.75 Å². The van der Waals surface area contributed by atoms with E-state index in [1.54, 1.807) is 16.7 Å². The van der Waals surface area contributed by atoms with E-state index >= 15 is 0 Å². The number of halogens is 1. The largest absolute Gasteiger partial charge is 0.486 e. The molecule has 0 atom stereocenters. The summed E-state index contributed by atoms with van der Waals surface area (Å²) in [6, 6.07) is 13.5. The highest BCUT2D eigenvalue weighted by Crippen LogP contribution is 2.18. The van der Waals surface area contributed by atoms with Crippen LogP contribution < -0.4 is 10.1 Å². The standard InChI is InChI=1S/C19H19FN4O2S/c1-13-6-8-16(9-7-13)26-11-17-22-23-19(24(17)2)27-12-18(25)21-15-5-3-4-14(20)10-15/h3-10H,11-12H2,1-2H3,(H,21,25). The number of hydrogen-bond donors (Lipinski definition) is 1. The molecule has 0 fully saturated rings. The number of hydrogen-bond acceptors (Lipinski definition) is 5. The second kappa shape index (κ2) is 8.68. The minimum absolute atomic E-state index is 0.140. The van der Waals surface area contributed by atoms with Crippen LogP contribution in [0.3, 0.4) is 0 Å². The van der Waals surface area contributed by atoms with Crippen LogP contribution in [-0.2, 0) is 18.4 Å². The van der Waals surface area contributed by atoms with Crippen LogP contribution in [-0.4, -0.2) is 26.4 Å². The van der Waals surface area contributed by atoms with Gasteiger partial charge < -0.3 is 14.6 Å². The lowest BCUT2D eigenvalue weighted by Crippen LogP contribution is -2.14. The van der Waals surface area contributed by atoms with E-state index in [4.69, 9.17) is 4.74 Å². The lowest BCUT2D eigenvalue weighted by atomic mass is 10.2. The van der Waals surface area contributed by atoms with Gasteiger partial charge in [0.2, 0.25) is 5.91 Å². The van der Waals surface area contributed by atoms with E-state index in [9.17, 15) is 9.18 Å². The Morgan fingerprint density at radius 1 is 1.22 bits per heavy atom. The topological polar surface area (TPSA) is 69.0 Å². The van der Waals surface area contributed by atoms with Crippen molar-refractivity contribution in [3.05, 3.63) is 65.7 Å². The van der Waals surface area contributed by atoms with Crippen LogP contribution in [0.1, 0.15) is 11.4 Å². The molecule has 6 nitrogen and oxygen atoms in total. The summed E-state index contributed by atoms with van der Waals surface area (Å²) in [4.78, 5) is 12.0. The van der Waals surface area contributed by atoms with E-state index in [1.807, 2.05) is 38.2 Å². The number of benzene rings is 2. The third-order valence-electron chi connectivity index (χ3n) is 3.75. The quantitative estimate of drug-likeness (QED) is 0.629. The predicted molar refractivity (Wildman–Crippen MR) is 102 cm³/mol. The summed E-state index contributed by atoms with van der Waals surface area (Å²) in [6.45, 7) is 2.29. The first-order valence-corrected chi connectivity index (χ1v) is 9.26. The smallest absolute Gasteiger partial charge is 0.234 e. The van der Waals surface area contributed by atoms with Crippen LogP contribution in [0, 0.1) is 12.7 Å². The fourth-order valence-corrected chi connectivity index (χ4v) is 3.00. The minimum atomic E-state index is -0.396. The van der Waals surface area contributed by atoms with Gasteiger partial charge in [-0.25, -0.2) is 4.39 Å². The van der Waals surface area contributed by atoms with Crippen molar-refractivity contribution in [2.75, 3.05) is 11.1 Å². The molecule has 0 saturated carbocycles. The van der Waals surface area contributed by atoms with Crippen molar-refractivity contribution in [2.45, 2.75) is 18.7 Å². The molecule has 27 heavy (non-hydrogen) atoms. The summed E-state index contributed by atoms with van der Waals surface area (Å²) in [5.74, 6) is 0.912. The SMILES string of the molecule is Cc1ccc(OCc2nnc(SCC(=O)Nc3cccc(F)c3)n2C)cc1. The number of amides is 1. The zero-order valence-electron chi connectivity index (χ0n) is 15.0. The Balaban J connectivity index is 1.52. The lowest BCUT2D eigenvalue weighted by Gasteiger charge is -2.07. The Morgan fingerprint density at radius 2 is 2.00 bits per heavy atom. The molecule has 1 aromatic heterocycles. The number of carbonyl (C=O) groups excluding carboxylic acids is 1. The number of anilines is 1. The summed E-state index contributed by atoms with van der Waals surface area (Å²) < 4.78 is 20.6. The van der Waals surface area contributed by atoms with E-state index in [0.717, 1.165) is 11.3 Å². The Kier molecular flexibility index (Phi) is 6.08. The van der Waals surface area contributed by atoms with Gasteiger partial charge in [-0.1, -0.05) is 35.5 Å². The molecular weight excluding hydrogens is 367 g/mol. The van der Waals surface area contributed by atoms with E-state index in [2.05, 4.69) is 15.5 Å². The fourth-order valence-electron chi connectivity index (χ4n) is 2.27. The Morgan fingerprint density at radius 3 is 2.74 bits per heavy atom. The lowest BCUT2D eigenvalue weighted by molar-refractivity contribution is -0.113. The second-order valence-electron chi connectivity index (χ2n) is 5.91. The summed E-state index contributed by atoms with van der Waals surface area (Å²) in [6.07, 6.45) is 0. The molecule has 0 radical (unpaired) electrons. The molecule has 0 saturated heterocycles. The molecule has 1 heterocycles. The molecule has 0 aliphatic carbocycles. The van der Waals surface area contributed by atoms with Gasteiger partial charge in [0.1, 0.15) is 18.2 Å². The zero-order chi connectivity index (χ0) is 19.2. The molecule has 0 bridgehead atoms. The maximum absolute atomic E-state index is 13.1. The Hall–Kier alpha value is -2.87. The van der Waals surface area contributed by atoms with Gasteiger partial charge in [0.25, 0.3) is 0 Å². The number of nitrogens with zero attached hydrogens (tertiary/aromatic N) is 3. The number of carbonyl (C=O) groups is 1. The first kappa shape index (κ1) is 18.9. The highest BCUT2D eigenvalue weighted by Gasteiger charge is 2.12. The van der Waals surface area contributed by atoms with Crippen LogP contribution in [0.15, 0.2) is 53.7 Å². The molecule has 1 N–H and O–H groups in total. The van der Waals surface area contributed by atoms with Gasteiger partial charge in [-0.15, -0.1) is 10.2 Å². The first-order chi connectivity index (χ1) is 13.0. The molecule has 3 rings (SSSR count). The molecule has 140 valence electrons. The zero-order valence-corrected chi connectivity index (χ0v) is 15.8. The highest BCUT2D eigenvalue weighted by molar-refractivity contribution is 7.99. The maximum atomic E-state index is 13.1. The van der Waals surface area contributed by atoms with E-state index in [1.165, 1.54) is 23.9 Å². The van der Waals surface area contributed by atoms with Gasteiger partial charge in [-0.3, -0.25) is 4.79 Å². The van der Waals surface area contributed by atoms with Gasteiger partial charge in [-0.05, 0) is 37.3 Å². The number of thioether (sulfide) groups is 1. The first-order valence-electron chi connectivity index (χ1n) is 8.27. The number of ether oxygens (including phenoxy) is 1. The van der Waals surface area contributed by atoms with Crippen molar-refractivity contribution in [2.24, 2.45) is 7.05 Å². The summed E-state index contributed by atoms with van der Waals surface area (Å²) in [5, 5.41) is 11.5.